The number of alkyl halides is 2. The Labute approximate surface area is 295 Å². The SMILES string of the molecule is CC(C)(C)OC(=O)[N+]#CC1CC(=O)N(c2ccc(S(=O)(=O)N3CCN(c4cc(C(F)(F)C5CCC6(CC5)OCCO6)cc(Cl)n4)CC3)cc2)C1. The molecule has 50 heavy (non-hydrogen) atoms. The lowest BCUT2D eigenvalue weighted by Gasteiger charge is -2.39. The van der Waals surface area contributed by atoms with Gasteiger partial charge in [0.2, 0.25) is 15.9 Å². The van der Waals surface area contributed by atoms with Crippen molar-refractivity contribution in [3.8, 4) is 6.07 Å². The number of anilines is 2. The first-order chi connectivity index (χ1) is 23.5. The monoisotopic (exact) mass is 736 g/mol. The highest BCUT2D eigenvalue weighted by Crippen LogP contribution is 2.48. The second kappa shape index (κ2) is 14.0. The van der Waals surface area contributed by atoms with Crippen molar-refractivity contribution in [3.05, 3.63) is 52.0 Å². The number of rotatable bonds is 6. The molecule has 4 aliphatic rings. The van der Waals surface area contributed by atoms with E-state index in [0.717, 1.165) is 0 Å². The van der Waals surface area contributed by atoms with E-state index in [1.807, 2.05) is 0 Å². The number of pyridine rings is 1. The summed E-state index contributed by atoms with van der Waals surface area (Å²) >= 11 is 6.25. The van der Waals surface area contributed by atoms with Gasteiger partial charge in [-0.25, -0.2) is 22.2 Å². The van der Waals surface area contributed by atoms with Crippen molar-refractivity contribution in [1.82, 2.24) is 9.29 Å². The molecule has 0 bridgehead atoms. The molecule has 1 spiro atoms. The molecule has 12 nitrogen and oxygen atoms in total. The second-order valence-corrected chi connectivity index (χ2v) is 16.4. The molecular weight excluding hydrogens is 696 g/mol. The lowest BCUT2D eigenvalue weighted by atomic mass is 9.79. The van der Waals surface area contributed by atoms with Crippen LogP contribution in [0.4, 0.5) is 25.1 Å². The quantitative estimate of drug-likeness (QED) is 0.334. The van der Waals surface area contributed by atoms with Crippen LogP contribution in [0.3, 0.4) is 0 Å². The topological polar surface area (TPSA) is 123 Å². The van der Waals surface area contributed by atoms with E-state index in [9.17, 15) is 18.0 Å². The molecule has 1 aliphatic carbocycles. The van der Waals surface area contributed by atoms with Gasteiger partial charge in [0.15, 0.2) is 5.79 Å². The smallest absolute Gasteiger partial charge is 0.392 e. The van der Waals surface area contributed by atoms with Crippen molar-refractivity contribution in [3.63, 3.8) is 0 Å². The molecular formula is C34H41ClF2N5O7S+. The van der Waals surface area contributed by atoms with Crippen LogP contribution in [0.1, 0.15) is 58.4 Å². The fourth-order valence-electron chi connectivity index (χ4n) is 6.86. The van der Waals surface area contributed by atoms with Crippen molar-refractivity contribution in [1.29, 1.82) is 0 Å². The highest BCUT2D eigenvalue weighted by atomic mass is 35.5. The summed E-state index contributed by atoms with van der Waals surface area (Å²) in [7, 11) is -3.89. The maximum atomic E-state index is 15.8. The van der Waals surface area contributed by atoms with E-state index in [-0.39, 0.29) is 79.3 Å². The Kier molecular flexibility index (Phi) is 10.1. The molecule has 2 amide bonds. The summed E-state index contributed by atoms with van der Waals surface area (Å²) in [5, 5.41) is -0.0573. The van der Waals surface area contributed by atoms with Crippen LogP contribution in [0, 0.1) is 17.9 Å². The molecule has 1 aromatic heterocycles. The molecule has 4 fully saturated rings. The zero-order valence-corrected chi connectivity index (χ0v) is 29.8. The van der Waals surface area contributed by atoms with Gasteiger partial charge in [0.1, 0.15) is 22.5 Å². The van der Waals surface area contributed by atoms with Gasteiger partial charge in [0, 0.05) is 69.2 Å². The number of carbonyl (C=O) groups is 2. The minimum absolute atomic E-state index is 0.0569. The van der Waals surface area contributed by atoms with Gasteiger partial charge in [-0.05, 0) is 70.0 Å². The van der Waals surface area contributed by atoms with Crippen molar-refractivity contribution >= 4 is 45.1 Å². The van der Waals surface area contributed by atoms with Gasteiger partial charge in [0.25, 0.3) is 12.0 Å². The first-order valence-electron chi connectivity index (χ1n) is 16.7. The number of hydrogen-bond acceptors (Lipinski definition) is 9. The first kappa shape index (κ1) is 36.4. The average Bonchev–Trinajstić information content (AvgIpc) is 3.69. The number of ether oxygens (including phenoxy) is 3. The highest BCUT2D eigenvalue weighted by Gasteiger charge is 2.49. The van der Waals surface area contributed by atoms with Gasteiger partial charge in [-0.15, -0.1) is 0 Å². The van der Waals surface area contributed by atoms with Crippen LogP contribution < -0.4 is 9.80 Å². The highest BCUT2D eigenvalue weighted by molar-refractivity contribution is 7.89. The van der Waals surface area contributed by atoms with Gasteiger partial charge >= 0.3 is 6.09 Å². The number of piperazine rings is 1. The fraction of sp³-hybridized carbons (Fsp3) is 0.588. The van der Waals surface area contributed by atoms with Crippen molar-refractivity contribution in [2.24, 2.45) is 11.8 Å². The van der Waals surface area contributed by atoms with Crippen LogP contribution in [-0.4, -0.2) is 87.0 Å². The van der Waals surface area contributed by atoms with Gasteiger partial charge in [-0.2, -0.15) is 9.10 Å². The molecule has 6 rings (SSSR count). The number of nitrogens with zero attached hydrogens (tertiary/aromatic N) is 5. The molecule has 1 atom stereocenters. The molecule has 1 unspecified atom stereocenters. The van der Waals surface area contributed by atoms with Crippen LogP contribution in [-0.2, 0) is 35.0 Å². The number of benzene rings is 1. The molecule has 0 N–H and O–H groups in total. The Morgan fingerprint density at radius 2 is 1.70 bits per heavy atom. The molecule has 4 heterocycles. The first-order valence-corrected chi connectivity index (χ1v) is 18.6. The lowest BCUT2D eigenvalue weighted by Crippen LogP contribution is -2.49. The Hall–Kier alpha value is -3.42. The maximum Gasteiger partial charge on any atom is 0.728 e. The Morgan fingerprint density at radius 3 is 2.32 bits per heavy atom. The number of hydrogen-bond donors (Lipinski definition) is 0. The summed E-state index contributed by atoms with van der Waals surface area (Å²) < 4.78 is 76.6. The zero-order chi connectivity index (χ0) is 35.9. The minimum atomic E-state index is -3.89. The third-order valence-corrected chi connectivity index (χ3v) is 11.6. The summed E-state index contributed by atoms with van der Waals surface area (Å²) in [6.45, 7) is 7.01. The van der Waals surface area contributed by atoms with Crippen LogP contribution in [0.2, 0.25) is 5.15 Å². The fourth-order valence-corrected chi connectivity index (χ4v) is 8.48. The van der Waals surface area contributed by atoms with Crippen molar-refractivity contribution in [2.75, 3.05) is 55.7 Å². The summed E-state index contributed by atoms with van der Waals surface area (Å²) in [6.07, 6.45) is 0.618. The summed E-state index contributed by atoms with van der Waals surface area (Å²) in [6, 6.07) is 11.3. The van der Waals surface area contributed by atoms with Crippen molar-refractivity contribution in [2.45, 2.75) is 75.1 Å². The number of aromatic nitrogens is 1. The van der Waals surface area contributed by atoms with Crippen LogP contribution >= 0.6 is 11.6 Å². The molecule has 3 saturated heterocycles. The third kappa shape index (κ3) is 7.89. The molecule has 16 heteroatoms. The Bertz CT molecular complexity index is 1770. The van der Waals surface area contributed by atoms with Gasteiger partial charge in [0.05, 0.1) is 23.0 Å². The molecule has 3 aliphatic heterocycles. The van der Waals surface area contributed by atoms with E-state index in [1.165, 1.54) is 33.5 Å². The van der Waals surface area contributed by atoms with Crippen LogP contribution in [0.15, 0.2) is 41.3 Å². The normalized spacial score (nSPS) is 22.1. The second-order valence-electron chi connectivity index (χ2n) is 14.1. The number of amides is 2. The van der Waals surface area contributed by atoms with E-state index in [1.54, 1.807) is 37.8 Å². The number of halogens is 3. The van der Waals surface area contributed by atoms with Crippen LogP contribution in [0.5, 0.6) is 0 Å². The minimum Gasteiger partial charge on any atom is -0.392 e. The predicted octanol–water partition coefficient (Wildman–Crippen LogP) is 5.89. The summed E-state index contributed by atoms with van der Waals surface area (Å²) in [5.74, 6) is -5.15. The van der Waals surface area contributed by atoms with E-state index in [0.29, 0.717) is 31.7 Å². The van der Waals surface area contributed by atoms with E-state index < -0.39 is 45.3 Å². The van der Waals surface area contributed by atoms with Gasteiger partial charge < -0.3 is 24.0 Å². The molecule has 270 valence electrons. The van der Waals surface area contributed by atoms with Gasteiger partial charge in [-0.3, -0.25) is 4.79 Å². The summed E-state index contributed by atoms with van der Waals surface area (Å²) in [4.78, 5) is 35.9. The third-order valence-electron chi connectivity index (χ3n) is 9.44. The zero-order valence-electron chi connectivity index (χ0n) is 28.2. The number of sulfonamides is 1. The predicted molar refractivity (Wildman–Crippen MR) is 181 cm³/mol. The Balaban J connectivity index is 1.06. The number of carbonyl (C=O) groups excluding carboxylic acids is 2. The molecule has 1 saturated carbocycles. The lowest BCUT2D eigenvalue weighted by molar-refractivity contribution is -0.199. The van der Waals surface area contributed by atoms with E-state index in [4.69, 9.17) is 25.8 Å². The molecule has 2 aromatic rings. The van der Waals surface area contributed by atoms with Crippen molar-refractivity contribution < 1.29 is 41.0 Å². The standard InChI is InChI=1S/C34H41ClF2N5O7S/c1-32(2,3)49-31(44)38-21-23-18-30(43)42(22-23)26-4-6-27(7-5-26)50(45,46)41-14-12-40(13-15-41)29-20-25(19-28(35)39-29)34(36,37)24-8-10-33(11-9-24)47-16-17-48-33/h4-7,19-20,23-24H,8-18,22H2,1-3H3/q+1. The average molecular weight is 737 g/mol. The van der Waals surface area contributed by atoms with Gasteiger partial charge in [-0.1, -0.05) is 11.6 Å². The van der Waals surface area contributed by atoms with E-state index in [2.05, 4.69) is 15.9 Å². The van der Waals surface area contributed by atoms with Crippen LogP contribution in [0.25, 0.3) is 4.85 Å². The maximum absolute atomic E-state index is 15.8. The van der Waals surface area contributed by atoms with E-state index >= 15 is 8.78 Å². The molecule has 1 aromatic carbocycles. The summed E-state index contributed by atoms with van der Waals surface area (Å²) in [5.41, 5.74) is -0.408. The Morgan fingerprint density at radius 1 is 1.06 bits per heavy atom. The molecule has 0 radical (unpaired) electrons. The largest absolute Gasteiger partial charge is 0.728 e.